The number of benzene rings is 1. The van der Waals surface area contributed by atoms with Crippen molar-refractivity contribution in [2.75, 3.05) is 33.4 Å². The number of rotatable bonds is 4. The van der Waals surface area contributed by atoms with Gasteiger partial charge in [0.2, 0.25) is 0 Å². The summed E-state index contributed by atoms with van der Waals surface area (Å²) in [5.41, 5.74) is 1.84. The number of hydrogen-bond acceptors (Lipinski definition) is 4. The number of halogens is 1. The number of nitrogens with zero attached hydrogens (tertiary/aromatic N) is 1. The second-order valence-electron chi connectivity index (χ2n) is 6.16. The standard InChI is InChI=1S/C16H22BrNO3/c1-18(11-16(19)3-6-20-7-4-16)10-13-9-14(17)8-12-2-5-21-15(12)13/h8-9,19H,2-7,10-11H2,1H3. The average molecular weight is 356 g/mol. The molecule has 1 saturated heterocycles. The van der Waals surface area contributed by atoms with Gasteiger partial charge in [0.25, 0.3) is 0 Å². The molecule has 0 saturated carbocycles. The molecular formula is C16H22BrNO3. The Labute approximate surface area is 134 Å². The highest BCUT2D eigenvalue weighted by molar-refractivity contribution is 9.10. The van der Waals surface area contributed by atoms with E-state index in [1.165, 1.54) is 11.1 Å². The Morgan fingerprint density at radius 3 is 2.81 bits per heavy atom. The van der Waals surface area contributed by atoms with E-state index in [0.29, 0.717) is 32.6 Å². The number of aliphatic hydroxyl groups is 1. The second kappa shape index (κ2) is 6.24. The Balaban J connectivity index is 1.69. The molecule has 21 heavy (non-hydrogen) atoms. The molecule has 0 spiro atoms. The van der Waals surface area contributed by atoms with Gasteiger partial charge in [0.1, 0.15) is 5.75 Å². The molecule has 0 unspecified atom stereocenters. The predicted molar refractivity (Wildman–Crippen MR) is 84.7 cm³/mol. The van der Waals surface area contributed by atoms with Gasteiger partial charge < -0.3 is 14.6 Å². The summed E-state index contributed by atoms with van der Waals surface area (Å²) in [6, 6.07) is 4.26. The van der Waals surface area contributed by atoms with Crippen molar-refractivity contribution in [1.29, 1.82) is 0 Å². The number of ether oxygens (including phenoxy) is 2. The minimum absolute atomic E-state index is 0.622. The van der Waals surface area contributed by atoms with Crippen LogP contribution in [0, 0.1) is 0 Å². The molecule has 0 aromatic heterocycles. The highest BCUT2D eigenvalue weighted by Gasteiger charge is 2.31. The maximum Gasteiger partial charge on any atom is 0.127 e. The predicted octanol–water partition coefficient (Wildman–Crippen LogP) is 2.36. The summed E-state index contributed by atoms with van der Waals surface area (Å²) in [4.78, 5) is 2.18. The van der Waals surface area contributed by atoms with Gasteiger partial charge >= 0.3 is 0 Å². The second-order valence-corrected chi connectivity index (χ2v) is 7.08. The minimum atomic E-state index is -0.622. The molecule has 1 aromatic rings. The van der Waals surface area contributed by atoms with Crippen LogP contribution in [0.5, 0.6) is 5.75 Å². The van der Waals surface area contributed by atoms with Gasteiger partial charge in [0, 0.05) is 55.6 Å². The molecule has 116 valence electrons. The van der Waals surface area contributed by atoms with E-state index in [4.69, 9.17) is 9.47 Å². The smallest absolute Gasteiger partial charge is 0.127 e. The normalized spacial score (nSPS) is 20.4. The maximum absolute atomic E-state index is 10.6. The van der Waals surface area contributed by atoms with Crippen molar-refractivity contribution in [1.82, 2.24) is 4.90 Å². The van der Waals surface area contributed by atoms with Gasteiger partial charge in [-0.3, -0.25) is 4.90 Å². The summed E-state index contributed by atoms with van der Waals surface area (Å²) in [7, 11) is 2.05. The maximum atomic E-state index is 10.6. The summed E-state index contributed by atoms with van der Waals surface area (Å²) in [5.74, 6) is 1.03. The molecule has 0 bridgehead atoms. The van der Waals surface area contributed by atoms with Crippen molar-refractivity contribution < 1.29 is 14.6 Å². The molecule has 1 aromatic carbocycles. The van der Waals surface area contributed by atoms with Crippen LogP contribution in [0.3, 0.4) is 0 Å². The van der Waals surface area contributed by atoms with Crippen LogP contribution in [0.1, 0.15) is 24.0 Å². The zero-order valence-electron chi connectivity index (χ0n) is 12.4. The lowest BCUT2D eigenvalue weighted by Crippen LogP contribution is -2.45. The van der Waals surface area contributed by atoms with Crippen LogP contribution in [0.25, 0.3) is 0 Å². The molecule has 1 fully saturated rings. The molecule has 2 aliphatic heterocycles. The van der Waals surface area contributed by atoms with Gasteiger partial charge in [0.05, 0.1) is 12.2 Å². The van der Waals surface area contributed by atoms with Gasteiger partial charge in [-0.1, -0.05) is 15.9 Å². The third-order valence-corrected chi connectivity index (χ3v) is 4.71. The summed E-state index contributed by atoms with van der Waals surface area (Å²) in [6.07, 6.45) is 2.40. The van der Waals surface area contributed by atoms with Crippen molar-refractivity contribution in [2.24, 2.45) is 0 Å². The summed E-state index contributed by atoms with van der Waals surface area (Å²) in [5, 5.41) is 10.6. The van der Waals surface area contributed by atoms with E-state index in [-0.39, 0.29) is 0 Å². The number of fused-ring (bicyclic) bond motifs is 1. The zero-order valence-corrected chi connectivity index (χ0v) is 14.0. The van der Waals surface area contributed by atoms with Crippen LogP contribution in [0.15, 0.2) is 16.6 Å². The fraction of sp³-hybridized carbons (Fsp3) is 0.625. The number of hydrogen-bond donors (Lipinski definition) is 1. The topological polar surface area (TPSA) is 41.9 Å². The quantitative estimate of drug-likeness (QED) is 0.900. The summed E-state index contributed by atoms with van der Waals surface area (Å²) >= 11 is 3.57. The molecule has 4 nitrogen and oxygen atoms in total. The molecule has 5 heteroatoms. The first-order chi connectivity index (χ1) is 10.1. The Morgan fingerprint density at radius 1 is 1.29 bits per heavy atom. The molecule has 1 N–H and O–H groups in total. The fourth-order valence-corrected chi connectivity index (χ4v) is 3.77. The van der Waals surface area contributed by atoms with Crippen molar-refractivity contribution in [2.45, 2.75) is 31.4 Å². The first-order valence-electron chi connectivity index (χ1n) is 7.48. The van der Waals surface area contributed by atoms with Crippen LogP contribution >= 0.6 is 15.9 Å². The Bertz CT molecular complexity index is 514. The van der Waals surface area contributed by atoms with E-state index < -0.39 is 5.60 Å². The molecule has 2 aliphatic rings. The van der Waals surface area contributed by atoms with Crippen molar-refractivity contribution >= 4 is 15.9 Å². The molecule has 0 amide bonds. The van der Waals surface area contributed by atoms with E-state index in [1.807, 2.05) is 0 Å². The van der Waals surface area contributed by atoms with Crippen LogP contribution in [-0.2, 0) is 17.7 Å². The number of likely N-dealkylation sites (N-methyl/N-ethyl adjacent to an activating group) is 1. The minimum Gasteiger partial charge on any atom is -0.493 e. The fourth-order valence-electron chi connectivity index (χ4n) is 3.22. The molecular weight excluding hydrogens is 334 g/mol. The molecule has 2 heterocycles. The van der Waals surface area contributed by atoms with Gasteiger partial charge in [-0.15, -0.1) is 0 Å². The largest absolute Gasteiger partial charge is 0.493 e. The van der Waals surface area contributed by atoms with E-state index >= 15 is 0 Å². The van der Waals surface area contributed by atoms with Gasteiger partial charge in [-0.05, 0) is 24.7 Å². The molecule has 3 rings (SSSR count). The third-order valence-electron chi connectivity index (χ3n) is 4.25. The lowest BCUT2D eigenvalue weighted by atomic mass is 9.93. The van der Waals surface area contributed by atoms with Crippen molar-refractivity contribution in [3.8, 4) is 5.75 Å². The van der Waals surface area contributed by atoms with E-state index in [9.17, 15) is 5.11 Å². The summed E-state index contributed by atoms with van der Waals surface area (Å²) < 4.78 is 12.2. The average Bonchev–Trinajstić information content (AvgIpc) is 2.86. The summed E-state index contributed by atoms with van der Waals surface area (Å²) in [6.45, 7) is 3.52. The molecule has 0 radical (unpaired) electrons. The highest BCUT2D eigenvalue weighted by Crippen LogP contribution is 2.34. The first-order valence-corrected chi connectivity index (χ1v) is 8.28. The van der Waals surface area contributed by atoms with E-state index in [0.717, 1.165) is 29.8 Å². The Morgan fingerprint density at radius 2 is 2.05 bits per heavy atom. The van der Waals surface area contributed by atoms with Gasteiger partial charge in [-0.25, -0.2) is 0 Å². The third kappa shape index (κ3) is 3.59. The van der Waals surface area contributed by atoms with E-state index in [2.05, 4.69) is 40.0 Å². The van der Waals surface area contributed by atoms with Crippen LogP contribution in [0.4, 0.5) is 0 Å². The SMILES string of the molecule is CN(Cc1cc(Br)cc2c1OCC2)CC1(O)CCOCC1. The van der Waals surface area contributed by atoms with Crippen molar-refractivity contribution in [3.63, 3.8) is 0 Å². The monoisotopic (exact) mass is 355 g/mol. The molecule has 0 aliphatic carbocycles. The molecule has 0 atom stereocenters. The van der Waals surface area contributed by atoms with Crippen LogP contribution < -0.4 is 4.74 Å². The lowest BCUT2D eigenvalue weighted by molar-refractivity contribution is -0.0777. The Hall–Kier alpha value is -0.620. The zero-order chi connectivity index (χ0) is 14.9. The lowest BCUT2D eigenvalue weighted by Gasteiger charge is -2.35. The Kier molecular flexibility index (Phi) is 4.54. The van der Waals surface area contributed by atoms with Crippen LogP contribution in [-0.4, -0.2) is 49.0 Å². The van der Waals surface area contributed by atoms with Gasteiger partial charge in [-0.2, -0.15) is 0 Å². The van der Waals surface area contributed by atoms with Crippen LogP contribution in [0.2, 0.25) is 0 Å². The van der Waals surface area contributed by atoms with Gasteiger partial charge in [0.15, 0.2) is 0 Å². The van der Waals surface area contributed by atoms with Crippen molar-refractivity contribution in [3.05, 3.63) is 27.7 Å². The van der Waals surface area contributed by atoms with E-state index in [1.54, 1.807) is 0 Å². The highest BCUT2D eigenvalue weighted by atomic mass is 79.9. The first kappa shape index (κ1) is 15.3.